The van der Waals surface area contributed by atoms with Crippen LogP contribution < -0.4 is 5.32 Å². The SMILES string of the molecule is Oc1c(F)ccc(CC2CCCCN2)c1O. The van der Waals surface area contributed by atoms with Gasteiger partial charge in [-0.2, -0.15) is 0 Å². The Balaban J connectivity index is 2.11. The molecule has 16 heavy (non-hydrogen) atoms. The molecule has 3 nitrogen and oxygen atoms in total. The molecular formula is C12H16FNO2. The van der Waals surface area contributed by atoms with Gasteiger partial charge in [-0.15, -0.1) is 0 Å². The van der Waals surface area contributed by atoms with Crippen LogP contribution >= 0.6 is 0 Å². The van der Waals surface area contributed by atoms with Crippen LogP contribution in [-0.4, -0.2) is 22.8 Å². The Hall–Kier alpha value is -1.29. The van der Waals surface area contributed by atoms with E-state index in [1.54, 1.807) is 0 Å². The highest BCUT2D eigenvalue weighted by Crippen LogP contribution is 2.32. The van der Waals surface area contributed by atoms with Crippen LogP contribution in [0.25, 0.3) is 0 Å². The van der Waals surface area contributed by atoms with Crippen molar-refractivity contribution in [3.63, 3.8) is 0 Å². The number of aromatic hydroxyl groups is 2. The molecule has 1 aliphatic heterocycles. The molecule has 4 heteroatoms. The lowest BCUT2D eigenvalue weighted by atomic mass is 9.97. The summed E-state index contributed by atoms with van der Waals surface area (Å²) in [5.41, 5.74) is 0.596. The number of rotatable bonds is 2. The zero-order chi connectivity index (χ0) is 11.5. The Morgan fingerprint density at radius 2 is 2.06 bits per heavy atom. The third-order valence-corrected chi connectivity index (χ3v) is 3.06. The number of phenols is 2. The van der Waals surface area contributed by atoms with E-state index in [9.17, 15) is 14.6 Å². The summed E-state index contributed by atoms with van der Waals surface area (Å²) >= 11 is 0. The van der Waals surface area contributed by atoms with Crippen molar-refractivity contribution < 1.29 is 14.6 Å². The van der Waals surface area contributed by atoms with E-state index in [2.05, 4.69) is 5.32 Å². The smallest absolute Gasteiger partial charge is 0.194 e. The Morgan fingerprint density at radius 1 is 1.25 bits per heavy atom. The van der Waals surface area contributed by atoms with Gasteiger partial charge in [-0.1, -0.05) is 12.5 Å². The molecule has 1 atom stereocenters. The first kappa shape index (κ1) is 11.2. The first-order valence-corrected chi connectivity index (χ1v) is 5.61. The zero-order valence-corrected chi connectivity index (χ0v) is 9.04. The summed E-state index contributed by atoms with van der Waals surface area (Å²) in [6.45, 7) is 0.985. The van der Waals surface area contributed by atoms with Crippen molar-refractivity contribution in [1.29, 1.82) is 0 Å². The normalized spacial score (nSPS) is 20.9. The van der Waals surface area contributed by atoms with E-state index < -0.39 is 11.6 Å². The van der Waals surface area contributed by atoms with Gasteiger partial charge in [-0.3, -0.25) is 0 Å². The number of nitrogens with one attached hydrogen (secondary N) is 1. The summed E-state index contributed by atoms with van der Waals surface area (Å²) in [6.07, 6.45) is 4.03. The summed E-state index contributed by atoms with van der Waals surface area (Å²) < 4.78 is 12.9. The van der Waals surface area contributed by atoms with Gasteiger partial charge in [0.25, 0.3) is 0 Å². The lowest BCUT2D eigenvalue weighted by Crippen LogP contribution is -2.35. The Morgan fingerprint density at radius 3 is 2.75 bits per heavy atom. The quantitative estimate of drug-likeness (QED) is 0.674. The fourth-order valence-corrected chi connectivity index (χ4v) is 2.13. The van der Waals surface area contributed by atoms with Gasteiger partial charge in [0.1, 0.15) is 0 Å². The van der Waals surface area contributed by atoms with E-state index in [4.69, 9.17) is 0 Å². The van der Waals surface area contributed by atoms with Gasteiger partial charge in [0, 0.05) is 6.04 Å². The number of hydrogen-bond acceptors (Lipinski definition) is 3. The summed E-state index contributed by atoms with van der Waals surface area (Å²) in [6, 6.07) is 3.03. The minimum atomic E-state index is -0.780. The fraction of sp³-hybridized carbons (Fsp3) is 0.500. The van der Waals surface area contributed by atoms with Crippen molar-refractivity contribution in [2.24, 2.45) is 0 Å². The second kappa shape index (κ2) is 4.70. The zero-order valence-electron chi connectivity index (χ0n) is 9.04. The molecule has 1 fully saturated rings. The van der Waals surface area contributed by atoms with Crippen LogP contribution in [0.15, 0.2) is 12.1 Å². The molecule has 1 aliphatic rings. The van der Waals surface area contributed by atoms with Gasteiger partial charge in [0.2, 0.25) is 0 Å². The molecule has 1 aromatic rings. The number of hydrogen-bond donors (Lipinski definition) is 3. The van der Waals surface area contributed by atoms with E-state index in [0.29, 0.717) is 18.0 Å². The highest BCUT2D eigenvalue weighted by molar-refractivity contribution is 5.45. The second-order valence-electron chi connectivity index (χ2n) is 4.25. The van der Waals surface area contributed by atoms with Crippen LogP contribution in [0.3, 0.4) is 0 Å². The lowest BCUT2D eigenvalue weighted by molar-refractivity contribution is 0.364. The molecule has 0 radical (unpaired) electrons. The monoisotopic (exact) mass is 225 g/mol. The molecule has 0 amide bonds. The van der Waals surface area contributed by atoms with Gasteiger partial charge in [0.15, 0.2) is 17.3 Å². The molecule has 1 heterocycles. The molecule has 3 N–H and O–H groups in total. The lowest BCUT2D eigenvalue weighted by Gasteiger charge is -2.23. The van der Waals surface area contributed by atoms with Crippen LogP contribution in [0.4, 0.5) is 4.39 Å². The number of benzene rings is 1. The molecule has 1 unspecified atom stereocenters. The average molecular weight is 225 g/mol. The van der Waals surface area contributed by atoms with E-state index in [0.717, 1.165) is 13.0 Å². The van der Waals surface area contributed by atoms with E-state index in [1.807, 2.05) is 0 Å². The summed E-state index contributed by atoms with van der Waals surface area (Å²) in [5, 5.41) is 22.2. The van der Waals surface area contributed by atoms with Crippen molar-refractivity contribution in [3.8, 4) is 11.5 Å². The van der Waals surface area contributed by atoms with E-state index in [1.165, 1.54) is 25.0 Å². The van der Waals surface area contributed by atoms with E-state index >= 15 is 0 Å². The van der Waals surface area contributed by atoms with Crippen LogP contribution in [-0.2, 0) is 6.42 Å². The topological polar surface area (TPSA) is 52.5 Å². The summed E-state index contributed by atoms with van der Waals surface area (Å²) in [7, 11) is 0. The minimum Gasteiger partial charge on any atom is -0.504 e. The first-order chi connectivity index (χ1) is 7.68. The number of phenolic OH excluding ortho intramolecular Hbond substituents is 2. The maximum absolute atomic E-state index is 12.9. The Kier molecular flexibility index (Phi) is 3.29. The Labute approximate surface area is 93.9 Å². The van der Waals surface area contributed by atoms with Crippen LogP contribution in [0.1, 0.15) is 24.8 Å². The second-order valence-corrected chi connectivity index (χ2v) is 4.25. The van der Waals surface area contributed by atoms with Gasteiger partial charge < -0.3 is 15.5 Å². The van der Waals surface area contributed by atoms with Gasteiger partial charge in [-0.25, -0.2) is 4.39 Å². The molecule has 88 valence electrons. The van der Waals surface area contributed by atoms with Gasteiger partial charge >= 0.3 is 0 Å². The third-order valence-electron chi connectivity index (χ3n) is 3.06. The maximum atomic E-state index is 12.9. The minimum absolute atomic E-state index is 0.310. The summed E-state index contributed by atoms with van der Waals surface area (Å²) in [5.74, 6) is -1.75. The van der Waals surface area contributed by atoms with E-state index in [-0.39, 0.29) is 5.75 Å². The first-order valence-electron chi connectivity index (χ1n) is 5.61. The predicted molar refractivity (Wildman–Crippen MR) is 59.1 cm³/mol. The molecule has 0 aliphatic carbocycles. The molecule has 0 bridgehead atoms. The molecule has 1 aromatic carbocycles. The molecule has 2 rings (SSSR count). The van der Waals surface area contributed by atoms with Crippen molar-refractivity contribution >= 4 is 0 Å². The van der Waals surface area contributed by atoms with Gasteiger partial charge in [-0.05, 0) is 37.4 Å². The molecule has 0 aromatic heterocycles. The predicted octanol–water partition coefficient (Wildman–Crippen LogP) is 1.92. The van der Waals surface area contributed by atoms with Crippen molar-refractivity contribution in [1.82, 2.24) is 5.32 Å². The highest BCUT2D eigenvalue weighted by atomic mass is 19.1. The Bertz CT molecular complexity index is 376. The van der Waals surface area contributed by atoms with Crippen molar-refractivity contribution in [2.75, 3.05) is 6.54 Å². The average Bonchev–Trinajstić information content (AvgIpc) is 2.31. The molecule has 0 saturated carbocycles. The van der Waals surface area contributed by atoms with Gasteiger partial charge in [0.05, 0.1) is 0 Å². The highest BCUT2D eigenvalue weighted by Gasteiger charge is 2.17. The fourth-order valence-electron chi connectivity index (χ4n) is 2.13. The third kappa shape index (κ3) is 2.27. The standard InChI is InChI=1S/C12H16FNO2/c13-10-5-4-8(11(15)12(10)16)7-9-3-1-2-6-14-9/h4-5,9,14-16H,1-3,6-7H2. The maximum Gasteiger partial charge on any atom is 0.194 e. The number of halogens is 1. The van der Waals surface area contributed by atoms with Crippen molar-refractivity contribution in [2.45, 2.75) is 31.7 Å². The number of piperidine rings is 1. The molecular weight excluding hydrogens is 209 g/mol. The summed E-state index contributed by atoms with van der Waals surface area (Å²) in [4.78, 5) is 0. The molecule has 0 spiro atoms. The molecule has 1 saturated heterocycles. The van der Waals surface area contributed by atoms with Crippen LogP contribution in [0.5, 0.6) is 11.5 Å². The van der Waals surface area contributed by atoms with Crippen molar-refractivity contribution in [3.05, 3.63) is 23.5 Å². The van der Waals surface area contributed by atoms with Crippen LogP contribution in [0, 0.1) is 5.82 Å². The largest absolute Gasteiger partial charge is 0.504 e. The van der Waals surface area contributed by atoms with Crippen LogP contribution in [0.2, 0.25) is 0 Å².